The van der Waals surface area contributed by atoms with E-state index in [9.17, 15) is 0 Å². The van der Waals surface area contributed by atoms with Crippen molar-refractivity contribution in [2.24, 2.45) is 11.7 Å². The summed E-state index contributed by atoms with van der Waals surface area (Å²) < 4.78 is 6.04. The third-order valence-electron chi connectivity index (χ3n) is 4.46. The molecule has 0 heterocycles. The van der Waals surface area contributed by atoms with Crippen LogP contribution in [0.4, 0.5) is 0 Å². The monoisotopic (exact) mass is 345 g/mol. The average molecular weight is 346 g/mol. The summed E-state index contributed by atoms with van der Waals surface area (Å²) in [4.78, 5) is 0. The Bertz CT molecular complexity index is 474. The van der Waals surface area contributed by atoms with E-state index in [1.807, 2.05) is 6.07 Å². The topological polar surface area (TPSA) is 35.2 Å². The Kier molecular flexibility index (Phi) is 8.02. The summed E-state index contributed by atoms with van der Waals surface area (Å²) in [6.45, 7) is 7.36. The van der Waals surface area contributed by atoms with Crippen LogP contribution >= 0.6 is 24.0 Å². The van der Waals surface area contributed by atoms with Crippen molar-refractivity contribution in [3.8, 4) is 5.75 Å². The number of benzene rings is 1. The molecule has 0 saturated heterocycles. The molecule has 0 spiro atoms. The number of hydrogen-bond acceptors (Lipinski definition) is 2. The first-order valence-electron chi connectivity index (χ1n) is 8.25. The van der Waals surface area contributed by atoms with E-state index in [4.69, 9.17) is 22.1 Å². The van der Waals surface area contributed by atoms with Gasteiger partial charge >= 0.3 is 0 Å². The van der Waals surface area contributed by atoms with Gasteiger partial charge in [-0.25, -0.2) is 0 Å². The van der Waals surface area contributed by atoms with Crippen molar-refractivity contribution < 1.29 is 4.74 Å². The normalized spacial score (nSPS) is 16.8. The second kappa shape index (κ2) is 9.00. The highest BCUT2D eigenvalue weighted by Crippen LogP contribution is 2.38. The number of nitrogens with two attached hydrogens (primary N) is 1. The number of rotatable bonds is 8. The van der Waals surface area contributed by atoms with Crippen LogP contribution in [0.1, 0.15) is 63.5 Å². The molecule has 2 atom stereocenters. The van der Waals surface area contributed by atoms with E-state index in [1.54, 1.807) is 0 Å². The van der Waals surface area contributed by atoms with Crippen molar-refractivity contribution in [1.29, 1.82) is 0 Å². The number of halogens is 2. The molecule has 22 heavy (non-hydrogen) atoms. The minimum Gasteiger partial charge on any atom is -0.491 e. The Balaban J connectivity index is 0.00000242. The fraction of sp³-hybridized carbons (Fsp3) is 0.667. The molecule has 0 amide bonds. The van der Waals surface area contributed by atoms with Gasteiger partial charge in [0.05, 0.1) is 11.6 Å². The lowest BCUT2D eigenvalue weighted by molar-refractivity contribution is 0.295. The van der Waals surface area contributed by atoms with Crippen molar-refractivity contribution in [3.05, 3.63) is 28.3 Å². The lowest BCUT2D eigenvalue weighted by Crippen LogP contribution is -2.21. The van der Waals surface area contributed by atoms with Crippen molar-refractivity contribution >= 4 is 24.0 Å². The molecule has 1 aliphatic rings. The van der Waals surface area contributed by atoms with Crippen LogP contribution in [0.5, 0.6) is 5.75 Å². The van der Waals surface area contributed by atoms with Crippen molar-refractivity contribution in [2.75, 3.05) is 6.61 Å². The van der Waals surface area contributed by atoms with Gasteiger partial charge in [0.1, 0.15) is 5.75 Å². The maximum absolute atomic E-state index is 6.50. The van der Waals surface area contributed by atoms with Crippen LogP contribution in [-0.2, 0) is 6.42 Å². The predicted octanol–water partition coefficient (Wildman–Crippen LogP) is 5.34. The molecule has 1 aliphatic carbocycles. The van der Waals surface area contributed by atoms with E-state index in [0.29, 0.717) is 5.92 Å². The van der Waals surface area contributed by atoms with E-state index < -0.39 is 0 Å². The lowest BCUT2D eigenvalue weighted by atomic mass is 9.93. The molecule has 2 unspecified atom stereocenters. The molecule has 1 aromatic rings. The van der Waals surface area contributed by atoms with E-state index in [-0.39, 0.29) is 18.4 Å². The Morgan fingerprint density at radius 1 is 1.27 bits per heavy atom. The van der Waals surface area contributed by atoms with Gasteiger partial charge in [-0.05, 0) is 61.1 Å². The summed E-state index contributed by atoms with van der Waals surface area (Å²) in [6, 6.07) is 4.48. The lowest BCUT2D eigenvalue weighted by Gasteiger charge is -2.20. The number of ether oxygens (including phenoxy) is 1. The molecule has 2 nitrogen and oxygen atoms in total. The highest BCUT2D eigenvalue weighted by molar-refractivity contribution is 6.32. The van der Waals surface area contributed by atoms with Crippen LogP contribution < -0.4 is 10.5 Å². The summed E-state index contributed by atoms with van der Waals surface area (Å²) in [7, 11) is 0. The van der Waals surface area contributed by atoms with E-state index in [0.717, 1.165) is 42.6 Å². The second-order valence-electron chi connectivity index (χ2n) is 6.43. The standard InChI is InChI=1S/C18H28ClNO.ClH/c1-4-12(3)16-9-14(8-15(20)5-2)10-17(19)18(16)21-11-13-6-7-13;/h9-10,12-13,15H,4-8,11,20H2,1-3H3;1H. The smallest absolute Gasteiger partial charge is 0.141 e. The first kappa shape index (κ1) is 19.6. The predicted molar refractivity (Wildman–Crippen MR) is 97.6 cm³/mol. The third kappa shape index (κ3) is 5.33. The zero-order valence-corrected chi connectivity index (χ0v) is 15.5. The maximum Gasteiger partial charge on any atom is 0.141 e. The summed E-state index contributed by atoms with van der Waals surface area (Å²) in [6.07, 6.45) is 5.53. The van der Waals surface area contributed by atoms with Crippen LogP contribution in [0.2, 0.25) is 5.02 Å². The van der Waals surface area contributed by atoms with Gasteiger partial charge in [-0.3, -0.25) is 0 Å². The molecule has 1 saturated carbocycles. The van der Waals surface area contributed by atoms with Crippen LogP contribution in [0.15, 0.2) is 12.1 Å². The van der Waals surface area contributed by atoms with Crippen molar-refractivity contribution in [3.63, 3.8) is 0 Å². The van der Waals surface area contributed by atoms with Gasteiger partial charge < -0.3 is 10.5 Å². The molecule has 4 heteroatoms. The van der Waals surface area contributed by atoms with Gasteiger partial charge in [-0.15, -0.1) is 12.4 Å². The van der Waals surface area contributed by atoms with Gasteiger partial charge in [0.25, 0.3) is 0 Å². The highest BCUT2D eigenvalue weighted by Gasteiger charge is 2.24. The van der Waals surface area contributed by atoms with Gasteiger partial charge in [0, 0.05) is 6.04 Å². The average Bonchev–Trinajstić information content (AvgIpc) is 3.28. The van der Waals surface area contributed by atoms with Gasteiger partial charge in [0.15, 0.2) is 0 Å². The molecule has 126 valence electrons. The quantitative estimate of drug-likeness (QED) is 0.689. The molecule has 1 fully saturated rings. The first-order valence-corrected chi connectivity index (χ1v) is 8.63. The van der Waals surface area contributed by atoms with Gasteiger partial charge in [-0.2, -0.15) is 0 Å². The summed E-state index contributed by atoms with van der Waals surface area (Å²) in [5.41, 5.74) is 8.55. The fourth-order valence-electron chi connectivity index (χ4n) is 2.46. The molecule has 1 aromatic carbocycles. The zero-order valence-electron chi connectivity index (χ0n) is 13.9. The molecule has 2 rings (SSSR count). The van der Waals surface area contributed by atoms with Crippen LogP contribution in [0, 0.1) is 5.92 Å². The molecule has 0 radical (unpaired) electrons. The largest absolute Gasteiger partial charge is 0.491 e. The zero-order chi connectivity index (χ0) is 15.4. The Hall–Kier alpha value is -0.440. The summed E-state index contributed by atoms with van der Waals surface area (Å²) in [5, 5.41) is 0.742. The first-order chi connectivity index (χ1) is 10.0. The van der Waals surface area contributed by atoms with Gasteiger partial charge in [0.2, 0.25) is 0 Å². The Morgan fingerprint density at radius 3 is 2.50 bits per heavy atom. The molecular weight excluding hydrogens is 317 g/mol. The van der Waals surface area contributed by atoms with Crippen molar-refractivity contribution in [1.82, 2.24) is 0 Å². The van der Waals surface area contributed by atoms with Crippen LogP contribution in [0.3, 0.4) is 0 Å². The fourth-order valence-corrected chi connectivity index (χ4v) is 2.77. The minimum atomic E-state index is 0. The minimum absolute atomic E-state index is 0. The summed E-state index contributed by atoms with van der Waals surface area (Å²) >= 11 is 6.50. The van der Waals surface area contributed by atoms with Crippen LogP contribution in [-0.4, -0.2) is 12.6 Å². The third-order valence-corrected chi connectivity index (χ3v) is 4.74. The van der Waals surface area contributed by atoms with E-state index in [2.05, 4.69) is 26.8 Å². The van der Waals surface area contributed by atoms with Crippen LogP contribution in [0.25, 0.3) is 0 Å². The number of hydrogen-bond donors (Lipinski definition) is 1. The Morgan fingerprint density at radius 2 is 1.95 bits per heavy atom. The second-order valence-corrected chi connectivity index (χ2v) is 6.84. The van der Waals surface area contributed by atoms with E-state index in [1.165, 1.54) is 24.0 Å². The maximum atomic E-state index is 6.50. The molecule has 2 N–H and O–H groups in total. The van der Waals surface area contributed by atoms with Gasteiger partial charge in [-0.1, -0.05) is 38.4 Å². The molecule has 0 bridgehead atoms. The SMILES string of the molecule is CCC(N)Cc1cc(Cl)c(OCC2CC2)c(C(C)CC)c1.Cl. The molecule has 0 aromatic heterocycles. The Labute approximate surface area is 146 Å². The highest BCUT2D eigenvalue weighted by atomic mass is 35.5. The molecular formula is C18H29Cl2NO. The van der Waals surface area contributed by atoms with Crippen molar-refractivity contribution in [2.45, 2.75) is 64.8 Å². The molecule has 0 aliphatic heterocycles. The summed E-state index contributed by atoms with van der Waals surface area (Å²) in [5.74, 6) is 2.08. The van der Waals surface area contributed by atoms with E-state index >= 15 is 0 Å².